The lowest BCUT2D eigenvalue weighted by Gasteiger charge is -2.29. The third-order valence-electron chi connectivity index (χ3n) is 5.58. The van der Waals surface area contributed by atoms with Gasteiger partial charge in [0, 0.05) is 19.7 Å². The second-order valence-electron chi connectivity index (χ2n) is 9.28. The number of likely N-dealkylation sites (tertiary alicyclic amines) is 1. The minimum Gasteiger partial charge on any atom is -0.361 e. The summed E-state index contributed by atoms with van der Waals surface area (Å²) in [6, 6.07) is 1.81. The van der Waals surface area contributed by atoms with Crippen molar-refractivity contribution in [2.45, 2.75) is 45.9 Å². The molecule has 2 amide bonds. The molecule has 7 nitrogen and oxygen atoms in total. The van der Waals surface area contributed by atoms with Gasteiger partial charge in [-0.15, -0.1) is 0 Å². The average molecular weight is 373 g/mol. The summed E-state index contributed by atoms with van der Waals surface area (Å²) in [5.41, 5.74) is 0.0386. The Hall–Kier alpha value is -2.15. The third kappa shape index (κ3) is 2.98. The maximum absolute atomic E-state index is 13.2. The maximum Gasteiger partial charge on any atom is 0.230 e. The van der Waals surface area contributed by atoms with Crippen molar-refractivity contribution in [3.8, 4) is 0 Å². The number of hydrogen-bond acceptors (Lipinski definition) is 5. The summed E-state index contributed by atoms with van der Waals surface area (Å²) in [5, 5.41) is 3.96. The Labute approximate surface area is 159 Å². The molecule has 2 fully saturated rings. The third-order valence-corrected chi connectivity index (χ3v) is 5.58. The number of aryl methyl sites for hydroxylation is 1. The van der Waals surface area contributed by atoms with Crippen LogP contribution < -0.4 is 0 Å². The Bertz CT molecular complexity index is 808. The summed E-state index contributed by atoms with van der Waals surface area (Å²) >= 11 is 0. The molecule has 4 heterocycles. The molecule has 4 atom stereocenters. The number of amides is 2. The van der Waals surface area contributed by atoms with Crippen molar-refractivity contribution in [1.82, 2.24) is 15.0 Å². The fourth-order valence-corrected chi connectivity index (χ4v) is 4.63. The lowest BCUT2D eigenvalue weighted by Crippen LogP contribution is -2.45. The lowest BCUT2D eigenvalue weighted by molar-refractivity contribution is -0.143. The monoisotopic (exact) mass is 373 g/mol. The highest BCUT2D eigenvalue weighted by Gasteiger charge is 2.67. The molecule has 7 heteroatoms. The van der Waals surface area contributed by atoms with E-state index >= 15 is 0 Å². The molecular formula is C20H27N3O4. The predicted molar refractivity (Wildman–Crippen MR) is 97.5 cm³/mol. The molecule has 0 aromatic carbocycles. The minimum atomic E-state index is -0.654. The fraction of sp³-hybridized carbons (Fsp3) is 0.650. The average Bonchev–Trinajstić information content (AvgIpc) is 3.28. The zero-order valence-electron chi connectivity index (χ0n) is 16.6. The molecule has 1 spiro atoms. The smallest absolute Gasteiger partial charge is 0.230 e. The molecule has 146 valence electrons. The van der Waals surface area contributed by atoms with E-state index in [1.54, 1.807) is 11.9 Å². The van der Waals surface area contributed by atoms with E-state index in [1.165, 1.54) is 0 Å². The van der Waals surface area contributed by atoms with Crippen molar-refractivity contribution in [3.63, 3.8) is 0 Å². The Kier molecular flexibility index (Phi) is 4.00. The van der Waals surface area contributed by atoms with Gasteiger partial charge in [-0.2, -0.15) is 0 Å². The van der Waals surface area contributed by atoms with E-state index in [2.05, 4.69) is 25.9 Å². The van der Waals surface area contributed by atoms with Crippen molar-refractivity contribution >= 4 is 11.8 Å². The van der Waals surface area contributed by atoms with Gasteiger partial charge in [0.15, 0.2) is 0 Å². The van der Waals surface area contributed by atoms with Gasteiger partial charge in [-0.05, 0) is 12.3 Å². The molecule has 0 radical (unpaired) electrons. The van der Waals surface area contributed by atoms with Crippen molar-refractivity contribution in [2.24, 2.45) is 17.3 Å². The molecule has 3 aliphatic heterocycles. The SMILES string of the molecule is Cc1cc(CN(C)C(=O)[C@H]2[C@@H]3C=C[C@@]4(CN(CC(C)(C)C)C(=O)[C@H]24)O3)no1. The fourth-order valence-electron chi connectivity index (χ4n) is 4.63. The van der Waals surface area contributed by atoms with Gasteiger partial charge >= 0.3 is 0 Å². The van der Waals surface area contributed by atoms with Crippen LogP contribution in [-0.2, 0) is 20.9 Å². The highest BCUT2D eigenvalue weighted by atomic mass is 16.5. The van der Waals surface area contributed by atoms with Gasteiger partial charge in [0.05, 0.1) is 31.0 Å². The first kappa shape index (κ1) is 18.2. The highest BCUT2D eigenvalue weighted by Crippen LogP contribution is 2.52. The molecule has 2 saturated heterocycles. The normalized spacial score (nSPS) is 31.7. The van der Waals surface area contributed by atoms with Crippen molar-refractivity contribution in [3.05, 3.63) is 29.7 Å². The molecule has 1 aromatic rings. The van der Waals surface area contributed by atoms with Gasteiger partial charge in [0.1, 0.15) is 17.1 Å². The van der Waals surface area contributed by atoms with E-state index in [4.69, 9.17) is 9.26 Å². The molecule has 0 saturated carbocycles. The predicted octanol–water partition coefficient (Wildman–Crippen LogP) is 1.77. The topological polar surface area (TPSA) is 75.9 Å². The first-order valence-corrected chi connectivity index (χ1v) is 9.43. The van der Waals surface area contributed by atoms with Crippen LogP contribution in [0.3, 0.4) is 0 Å². The second kappa shape index (κ2) is 5.92. The lowest BCUT2D eigenvalue weighted by atomic mass is 9.76. The Balaban J connectivity index is 1.54. The van der Waals surface area contributed by atoms with E-state index < -0.39 is 17.4 Å². The van der Waals surface area contributed by atoms with Gasteiger partial charge in [-0.1, -0.05) is 38.1 Å². The number of ether oxygens (including phenoxy) is 1. The zero-order chi connectivity index (χ0) is 19.6. The summed E-state index contributed by atoms with van der Waals surface area (Å²) in [6.07, 6.45) is 3.61. The number of carbonyl (C=O) groups is 2. The minimum absolute atomic E-state index is 0.00618. The summed E-state index contributed by atoms with van der Waals surface area (Å²) < 4.78 is 11.3. The van der Waals surface area contributed by atoms with Crippen molar-refractivity contribution < 1.29 is 18.8 Å². The molecular weight excluding hydrogens is 346 g/mol. The number of aromatic nitrogens is 1. The Morgan fingerprint density at radius 3 is 2.81 bits per heavy atom. The van der Waals surface area contributed by atoms with Gasteiger partial charge in [-0.3, -0.25) is 9.59 Å². The Morgan fingerprint density at radius 2 is 2.19 bits per heavy atom. The van der Waals surface area contributed by atoms with E-state index in [9.17, 15) is 9.59 Å². The van der Waals surface area contributed by atoms with E-state index in [0.29, 0.717) is 31.1 Å². The largest absolute Gasteiger partial charge is 0.361 e. The van der Waals surface area contributed by atoms with E-state index in [1.807, 2.05) is 30.0 Å². The second-order valence-corrected chi connectivity index (χ2v) is 9.28. The van der Waals surface area contributed by atoms with E-state index in [-0.39, 0.29) is 23.3 Å². The van der Waals surface area contributed by atoms with Crippen LogP contribution in [0.4, 0.5) is 0 Å². The van der Waals surface area contributed by atoms with Crippen LogP contribution in [0.2, 0.25) is 0 Å². The molecule has 4 rings (SSSR count). The molecule has 2 bridgehead atoms. The first-order chi connectivity index (χ1) is 12.6. The molecule has 0 N–H and O–H groups in total. The number of fused-ring (bicyclic) bond motifs is 1. The highest BCUT2D eigenvalue weighted by molar-refractivity contribution is 5.93. The molecule has 27 heavy (non-hydrogen) atoms. The van der Waals surface area contributed by atoms with Crippen LogP contribution >= 0.6 is 0 Å². The number of rotatable bonds is 4. The van der Waals surface area contributed by atoms with Crippen LogP contribution in [0, 0.1) is 24.2 Å². The van der Waals surface area contributed by atoms with Crippen LogP contribution in [-0.4, -0.2) is 58.6 Å². The summed E-state index contributed by atoms with van der Waals surface area (Å²) in [5.74, 6) is -0.266. The molecule has 3 aliphatic rings. The number of nitrogens with zero attached hydrogens (tertiary/aromatic N) is 3. The Morgan fingerprint density at radius 1 is 1.44 bits per heavy atom. The van der Waals surface area contributed by atoms with Crippen molar-refractivity contribution in [1.29, 1.82) is 0 Å². The molecule has 1 aromatic heterocycles. The van der Waals surface area contributed by atoms with Gasteiger partial charge in [0.25, 0.3) is 0 Å². The van der Waals surface area contributed by atoms with Gasteiger partial charge < -0.3 is 19.1 Å². The number of carbonyl (C=O) groups excluding carboxylic acids is 2. The summed E-state index contributed by atoms with van der Waals surface area (Å²) in [6.45, 7) is 9.67. The van der Waals surface area contributed by atoms with E-state index in [0.717, 1.165) is 0 Å². The number of hydrogen-bond donors (Lipinski definition) is 0. The van der Waals surface area contributed by atoms with Crippen LogP contribution in [0.25, 0.3) is 0 Å². The van der Waals surface area contributed by atoms with Crippen LogP contribution in [0.5, 0.6) is 0 Å². The van der Waals surface area contributed by atoms with Crippen LogP contribution in [0.15, 0.2) is 22.7 Å². The van der Waals surface area contributed by atoms with Gasteiger partial charge in [-0.25, -0.2) is 0 Å². The maximum atomic E-state index is 13.2. The zero-order valence-corrected chi connectivity index (χ0v) is 16.6. The standard InChI is InChI=1S/C20H27N3O4/c1-12-8-13(21-27-12)9-22(5)17(24)15-14-6-7-20(26-14)11-23(10-19(2,3)4)18(25)16(15)20/h6-8,14-16H,9-11H2,1-5H3/t14-,15-,16-,20-/m0/s1. The summed E-state index contributed by atoms with van der Waals surface area (Å²) in [4.78, 5) is 29.8. The first-order valence-electron chi connectivity index (χ1n) is 9.43. The summed E-state index contributed by atoms with van der Waals surface area (Å²) in [7, 11) is 1.74. The molecule has 0 aliphatic carbocycles. The van der Waals surface area contributed by atoms with Gasteiger partial charge in [0.2, 0.25) is 11.8 Å². The van der Waals surface area contributed by atoms with Crippen LogP contribution in [0.1, 0.15) is 32.2 Å². The quantitative estimate of drug-likeness (QED) is 0.752. The molecule has 0 unspecified atom stereocenters. The van der Waals surface area contributed by atoms with Crippen molar-refractivity contribution in [2.75, 3.05) is 20.1 Å².